The second kappa shape index (κ2) is 8.36. The number of hydrogen-bond donors (Lipinski definition) is 2. The molecule has 0 saturated carbocycles. The Labute approximate surface area is 154 Å². The van der Waals surface area contributed by atoms with Crippen molar-refractivity contribution in [2.24, 2.45) is 0 Å². The number of aromatic hydroxyl groups is 1. The van der Waals surface area contributed by atoms with Crippen LogP contribution in [-0.4, -0.2) is 17.6 Å². The summed E-state index contributed by atoms with van der Waals surface area (Å²) in [7, 11) is 0. The number of amides is 1. The average Bonchev–Trinajstić information content (AvgIpc) is 2.59. The number of nitriles is 1. The predicted octanol–water partition coefficient (Wildman–Crippen LogP) is 4.41. The maximum atomic E-state index is 12.3. The van der Waals surface area contributed by atoms with Crippen molar-refractivity contribution in [1.82, 2.24) is 0 Å². The fraction of sp³-hybridized carbons (Fsp3) is 0.158. The van der Waals surface area contributed by atoms with Crippen LogP contribution in [0, 0.1) is 18.3 Å². The molecule has 2 rings (SSSR count). The maximum Gasteiger partial charge on any atom is 0.266 e. The third-order valence-corrected chi connectivity index (χ3v) is 3.94. The molecule has 0 aliphatic heterocycles. The van der Waals surface area contributed by atoms with Crippen LogP contribution in [0.2, 0.25) is 0 Å². The maximum absolute atomic E-state index is 12.3. The van der Waals surface area contributed by atoms with Crippen molar-refractivity contribution in [2.75, 3.05) is 11.9 Å². The summed E-state index contributed by atoms with van der Waals surface area (Å²) in [4.78, 5) is 12.3. The molecular weight excluding hydrogens is 384 g/mol. The van der Waals surface area contributed by atoms with Gasteiger partial charge in [-0.15, -0.1) is 0 Å². The summed E-state index contributed by atoms with van der Waals surface area (Å²) in [5.41, 5.74) is 2.19. The van der Waals surface area contributed by atoms with Crippen LogP contribution in [0.5, 0.6) is 11.5 Å². The normalized spacial score (nSPS) is 10.9. The molecule has 0 radical (unpaired) electrons. The van der Waals surface area contributed by atoms with E-state index in [4.69, 9.17) is 4.74 Å². The first kappa shape index (κ1) is 18.6. The van der Waals surface area contributed by atoms with Crippen LogP contribution in [-0.2, 0) is 4.79 Å². The van der Waals surface area contributed by atoms with Crippen molar-refractivity contribution in [1.29, 1.82) is 5.26 Å². The van der Waals surface area contributed by atoms with E-state index in [9.17, 15) is 15.2 Å². The molecule has 6 heteroatoms. The Kier molecular flexibility index (Phi) is 6.20. The highest BCUT2D eigenvalue weighted by molar-refractivity contribution is 9.10. The van der Waals surface area contributed by atoms with E-state index in [0.29, 0.717) is 22.3 Å². The summed E-state index contributed by atoms with van der Waals surface area (Å²) in [6.07, 6.45) is 1.44. The number of nitrogens with one attached hydrogen (secondary N) is 1. The number of anilines is 1. The molecule has 0 fully saturated rings. The zero-order chi connectivity index (χ0) is 18.4. The number of phenols is 1. The molecule has 2 aromatic carbocycles. The first-order valence-electron chi connectivity index (χ1n) is 7.59. The topological polar surface area (TPSA) is 82.3 Å². The summed E-state index contributed by atoms with van der Waals surface area (Å²) in [6.45, 7) is 4.13. The summed E-state index contributed by atoms with van der Waals surface area (Å²) in [6, 6.07) is 12.4. The van der Waals surface area contributed by atoms with Crippen LogP contribution in [0.4, 0.5) is 5.69 Å². The summed E-state index contributed by atoms with van der Waals surface area (Å²) < 4.78 is 5.77. The lowest BCUT2D eigenvalue weighted by atomic mass is 10.1. The molecule has 0 bridgehead atoms. The largest absolute Gasteiger partial charge is 0.503 e. The van der Waals surface area contributed by atoms with Crippen molar-refractivity contribution in [3.05, 3.63) is 57.6 Å². The van der Waals surface area contributed by atoms with Gasteiger partial charge in [-0.1, -0.05) is 17.7 Å². The summed E-state index contributed by atoms with van der Waals surface area (Å²) in [5, 5.41) is 21.9. The number of hydrogen-bond acceptors (Lipinski definition) is 4. The summed E-state index contributed by atoms with van der Waals surface area (Å²) in [5.74, 6) is -0.255. The first-order chi connectivity index (χ1) is 11.9. The van der Waals surface area contributed by atoms with Crippen molar-refractivity contribution >= 4 is 33.6 Å². The van der Waals surface area contributed by atoms with Gasteiger partial charge in [-0.3, -0.25) is 4.79 Å². The van der Waals surface area contributed by atoms with Gasteiger partial charge in [0, 0.05) is 5.69 Å². The van der Waals surface area contributed by atoms with Crippen LogP contribution < -0.4 is 10.1 Å². The van der Waals surface area contributed by atoms with Crippen molar-refractivity contribution in [3.8, 4) is 17.6 Å². The Morgan fingerprint density at radius 1 is 1.36 bits per heavy atom. The minimum absolute atomic E-state index is 0.0263. The van der Waals surface area contributed by atoms with Crippen LogP contribution >= 0.6 is 15.9 Å². The number of halogens is 1. The second-order valence-electron chi connectivity index (χ2n) is 5.27. The van der Waals surface area contributed by atoms with Gasteiger partial charge in [-0.05, 0) is 65.7 Å². The molecular formula is C19H17BrN2O3. The Morgan fingerprint density at radius 3 is 2.64 bits per heavy atom. The fourth-order valence-corrected chi connectivity index (χ4v) is 2.55. The third kappa shape index (κ3) is 4.85. The van der Waals surface area contributed by atoms with Crippen LogP contribution in [0.1, 0.15) is 18.1 Å². The van der Waals surface area contributed by atoms with E-state index in [1.165, 1.54) is 6.08 Å². The van der Waals surface area contributed by atoms with Gasteiger partial charge < -0.3 is 15.2 Å². The van der Waals surface area contributed by atoms with Crippen molar-refractivity contribution < 1.29 is 14.6 Å². The molecule has 0 atom stereocenters. The number of aryl methyl sites for hydroxylation is 1. The van der Waals surface area contributed by atoms with Gasteiger partial charge in [0.2, 0.25) is 0 Å². The molecule has 0 unspecified atom stereocenters. The zero-order valence-corrected chi connectivity index (χ0v) is 15.4. The molecule has 0 aliphatic carbocycles. The number of nitrogens with zero attached hydrogens (tertiary/aromatic N) is 1. The number of ether oxygens (including phenoxy) is 1. The van der Waals surface area contributed by atoms with Crippen molar-refractivity contribution in [3.63, 3.8) is 0 Å². The van der Waals surface area contributed by atoms with Crippen LogP contribution in [0.15, 0.2) is 46.4 Å². The van der Waals surface area contributed by atoms with Gasteiger partial charge in [0.15, 0.2) is 11.5 Å². The standard InChI is InChI=1S/C19H17BrN2O3/c1-3-25-17-10-13(9-16(20)18(17)23)8-14(11-21)19(24)22-15-6-4-12(2)5-7-15/h4-10,23H,3H2,1-2H3,(H,22,24)/b14-8-. The highest BCUT2D eigenvalue weighted by atomic mass is 79.9. The lowest BCUT2D eigenvalue weighted by Crippen LogP contribution is -2.13. The van der Waals surface area contributed by atoms with Gasteiger partial charge in [-0.2, -0.15) is 5.26 Å². The molecule has 1 amide bonds. The Balaban J connectivity index is 2.29. The molecule has 25 heavy (non-hydrogen) atoms. The fourth-order valence-electron chi connectivity index (χ4n) is 2.09. The predicted molar refractivity (Wildman–Crippen MR) is 100 cm³/mol. The zero-order valence-electron chi connectivity index (χ0n) is 13.8. The third-order valence-electron chi connectivity index (χ3n) is 3.34. The highest BCUT2D eigenvalue weighted by Crippen LogP contribution is 2.36. The number of benzene rings is 2. The molecule has 0 spiro atoms. The summed E-state index contributed by atoms with van der Waals surface area (Å²) >= 11 is 3.23. The molecule has 2 N–H and O–H groups in total. The van der Waals surface area contributed by atoms with E-state index >= 15 is 0 Å². The molecule has 0 aliphatic rings. The number of carbonyl (C=O) groups is 1. The van der Waals surface area contributed by atoms with Gasteiger partial charge in [0.25, 0.3) is 5.91 Å². The van der Waals surface area contributed by atoms with Gasteiger partial charge in [-0.25, -0.2) is 0 Å². The van der Waals surface area contributed by atoms with Gasteiger partial charge >= 0.3 is 0 Å². The SMILES string of the molecule is CCOc1cc(/C=C(/C#N)C(=O)Nc2ccc(C)cc2)cc(Br)c1O. The number of carbonyl (C=O) groups excluding carboxylic acids is 1. The lowest BCUT2D eigenvalue weighted by Gasteiger charge is -2.09. The van der Waals surface area contributed by atoms with Gasteiger partial charge in [0.05, 0.1) is 11.1 Å². The smallest absolute Gasteiger partial charge is 0.266 e. The average molecular weight is 401 g/mol. The molecule has 2 aromatic rings. The van der Waals surface area contributed by atoms with Crippen LogP contribution in [0.25, 0.3) is 6.08 Å². The van der Waals surface area contributed by atoms with E-state index in [1.54, 1.807) is 31.2 Å². The van der Waals surface area contributed by atoms with Crippen molar-refractivity contribution in [2.45, 2.75) is 13.8 Å². The minimum Gasteiger partial charge on any atom is -0.503 e. The molecule has 128 valence electrons. The quantitative estimate of drug-likeness (QED) is 0.575. The van der Waals surface area contributed by atoms with E-state index in [-0.39, 0.29) is 17.1 Å². The highest BCUT2D eigenvalue weighted by Gasteiger charge is 2.12. The molecule has 0 aromatic heterocycles. The first-order valence-corrected chi connectivity index (χ1v) is 8.39. The van der Waals surface area contributed by atoms with Crippen LogP contribution in [0.3, 0.4) is 0 Å². The Morgan fingerprint density at radius 2 is 2.04 bits per heavy atom. The Hall–Kier alpha value is -2.78. The van der Waals surface area contributed by atoms with Gasteiger partial charge in [0.1, 0.15) is 11.6 Å². The Bertz CT molecular complexity index is 852. The second-order valence-corrected chi connectivity index (χ2v) is 6.13. The van der Waals surface area contributed by atoms with E-state index < -0.39 is 5.91 Å². The monoisotopic (exact) mass is 400 g/mol. The molecule has 0 saturated heterocycles. The number of phenolic OH excluding ortho intramolecular Hbond substituents is 1. The van der Waals surface area contributed by atoms with E-state index in [0.717, 1.165) is 5.56 Å². The number of rotatable bonds is 5. The van der Waals surface area contributed by atoms with E-state index in [2.05, 4.69) is 21.2 Å². The van der Waals surface area contributed by atoms with E-state index in [1.807, 2.05) is 25.1 Å². The minimum atomic E-state index is -0.506. The molecule has 5 nitrogen and oxygen atoms in total. The molecule has 0 heterocycles. The lowest BCUT2D eigenvalue weighted by molar-refractivity contribution is -0.112.